The quantitative estimate of drug-likeness (QED) is 0.575. The van der Waals surface area contributed by atoms with Crippen molar-refractivity contribution in [3.63, 3.8) is 0 Å². The number of nitrogens with one attached hydrogen (secondary N) is 1. The summed E-state index contributed by atoms with van der Waals surface area (Å²) in [5.41, 5.74) is 10.6. The standard InChI is InChI=1S/C9H19N3OSi.C3H5N3/c1-14(2,3)7-6-13-8-12-5-4-9(10)11-12;4-3-1-2-5-6-3/h4-5H,6-8H2,1-3H3,(H2,10,11);1-2H,(H3,4,5,6). The van der Waals surface area contributed by atoms with E-state index in [1.54, 1.807) is 23.0 Å². The van der Waals surface area contributed by atoms with E-state index < -0.39 is 8.07 Å². The molecule has 2 heterocycles. The van der Waals surface area contributed by atoms with Crippen LogP contribution in [0.1, 0.15) is 0 Å². The van der Waals surface area contributed by atoms with Crippen LogP contribution in [0, 0.1) is 0 Å². The Morgan fingerprint density at radius 3 is 2.45 bits per heavy atom. The molecule has 20 heavy (non-hydrogen) atoms. The number of nitrogens with zero attached hydrogens (tertiary/aromatic N) is 3. The van der Waals surface area contributed by atoms with Gasteiger partial charge in [0.15, 0.2) is 0 Å². The zero-order valence-corrected chi connectivity index (χ0v) is 13.3. The highest BCUT2D eigenvalue weighted by Crippen LogP contribution is 2.07. The Kier molecular flexibility index (Phi) is 6.26. The van der Waals surface area contributed by atoms with Crippen molar-refractivity contribution < 1.29 is 4.74 Å². The highest BCUT2D eigenvalue weighted by Gasteiger charge is 2.11. The van der Waals surface area contributed by atoms with E-state index in [2.05, 4.69) is 34.9 Å². The molecule has 0 bridgehead atoms. The Labute approximate surface area is 120 Å². The molecule has 0 saturated heterocycles. The molecule has 0 radical (unpaired) electrons. The zero-order chi connectivity index (χ0) is 15.0. The van der Waals surface area contributed by atoms with Gasteiger partial charge in [-0.25, -0.2) is 4.68 Å². The van der Waals surface area contributed by atoms with Crippen LogP contribution in [0.25, 0.3) is 0 Å². The number of aromatic nitrogens is 4. The molecule has 0 fully saturated rings. The van der Waals surface area contributed by atoms with Crippen molar-refractivity contribution in [2.45, 2.75) is 32.4 Å². The van der Waals surface area contributed by atoms with Crippen molar-refractivity contribution in [1.82, 2.24) is 20.0 Å². The van der Waals surface area contributed by atoms with Crippen LogP contribution in [0.5, 0.6) is 0 Å². The van der Waals surface area contributed by atoms with E-state index in [1.165, 1.54) is 6.04 Å². The molecular weight excluding hydrogens is 272 g/mol. The minimum absolute atomic E-state index is 0.502. The largest absolute Gasteiger partial charge is 0.384 e. The Hall–Kier alpha value is -1.80. The summed E-state index contributed by atoms with van der Waals surface area (Å²) in [7, 11) is -0.970. The van der Waals surface area contributed by atoms with Crippen LogP contribution in [-0.4, -0.2) is 34.7 Å². The first-order valence-electron chi connectivity index (χ1n) is 6.48. The summed E-state index contributed by atoms with van der Waals surface area (Å²) >= 11 is 0. The van der Waals surface area contributed by atoms with E-state index in [0.29, 0.717) is 18.4 Å². The van der Waals surface area contributed by atoms with E-state index in [-0.39, 0.29) is 0 Å². The fourth-order valence-electron chi connectivity index (χ4n) is 1.25. The van der Waals surface area contributed by atoms with E-state index in [4.69, 9.17) is 16.2 Å². The number of anilines is 2. The maximum absolute atomic E-state index is 5.49. The monoisotopic (exact) mass is 296 g/mol. The van der Waals surface area contributed by atoms with Crippen LogP contribution in [0.3, 0.4) is 0 Å². The van der Waals surface area contributed by atoms with Gasteiger partial charge in [0.2, 0.25) is 0 Å². The molecule has 2 aromatic rings. The summed E-state index contributed by atoms with van der Waals surface area (Å²) in [5, 5.41) is 10.1. The molecule has 0 saturated carbocycles. The number of ether oxygens (including phenoxy) is 1. The number of H-pyrrole nitrogens is 1. The molecule has 2 aromatic heterocycles. The first kappa shape index (κ1) is 16.3. The van der Waals surface area contributed by atoms with Gasteiger partial charge in [-0.15, -0.1) is 0 Å². The van der Waals surface area contributed by atoms with Gasteiger partial charge in [-0.2, -0.15) is 10.2 Å². The van der Waals surface area contributed by atoms with Crippen LogP contribution in [0.2, 0.25) is 25.7 Å². The lowest BCUT2D eigenvalue weighted by molar-refractivity contribution is 0.0788. The SMILES string of the molecule is C[Si](C)(C)CCOCn1ccc(N)n1.Nc1ccn[nH]1. The van der Waals surface area contributed by atoms with Crippen LogP contribution >= 0.6 is 0 Å². The third kappa shape index (κ3) is 7.59. The molecule has 5 N–H and O–H groups in total. The highest BCUT2D eigenvalue weighted by molar-refractivity contribution is 6.76. The van der Waals surface area contributed by atoms with Gasteiger partial charge in [0.05, 0.1) is 6.20 Å². The fourth-order valence-corrected chi connectivity index (χ4v) is 2.01. The number of nitrogens with two attached hydrogens (primary N) is 2. The lowest BCUT2D eigenvalue weighted by atomic mass is 10.7. The summed E-state index contributed by atoms with van der Waals surface area (Å²) in [5.74, 6) is 1.15. The van der Waals surface area contributed by atoms with Crippen molar-refractivity contribution >= 4 is 19.7 Å². The van der Waals surface area contributed by atoms with Gasteiger partial charge in [0.25, 0.3) is 0 Å². The fraction of sp³-hybridized carbons (Fsp3) is 0.500. The first-order valence-corrected chi connectivity index (χ1v) is 10.2. The number of hydrogen-bond donors (Lipinski definition) is 3. The second kappa shape index (κ2) is 7.71. The zero-order valence-electron chi connectivity index (χ0n) is 12.3. The van der Waals surface area contributed by atoms with E-state index in [0.717, 1.165) is 6.61 Å². The van der Waals surface area contributed by atoms with Crippen LogP contribution in [0.4, 0.5) is 11.6 Å². The maximum Gasteiger partial charge on any atom is 0.145 e. The van der Waals surface area contributed by atoms with Gasteiger partial charge in [-0.3, -0.25) is 5.10 Å². The average molecular weight is 296 g/mol. The van der Waals surface area contributed by atoms with Gasteiger partial charge < -0.3 is 16.2 Å². The lowest BCUT2D eigenvalue weighted by Crippen LogP contribution is -2.22. The Morgan fingerprint density at radius 1 is 1.30 bits per heavy atom. The maximum atomic E-state index is 5.49. The molecule has 0 amide bonds. The summed E-state index contributed by atoms with van der Waals surface area (Å²) in [6, 6.07) is 4.64. The first-order chi connectivity index (χ1) is 9.37. The summed E-state index contributed by atoms with van der Waals surface area (Å²) in [6.07, 6.45) is 3.43. The van der Waals surface area contributed by atoms with Gasteiger partial charge in [0.1, 0.15) is 18.4 Å². The van der Waals surface area contributed by atoms with E-state index >= 15 is 0 Å². The summed E-state index contributed by atoms with van der Waals surface area (Å²) in [6.45, 7) is 8.32. The molecule has 0 atom stereocenters. The number of rotatable bonds is 5. The van der Waals surface area contributed by atoms with Gasteiger partial charge >= 0.3 is 0 Å². The van der Waals surface area contributed by atoms with Crippen LogP contribution in [0.15, 0.2) is 24.5 Å². The molecule has 8 heteroatoms. The lowest BCUT2D eigenvalue weighted by Gasteiger charge is -2.15. The molecule has 7 nitrogen and oxygen atoms in total. The topological polar surface area (TPSA) is 108 Å². The van der Waals surface area contributed by atoms with Crippen molar-refractivity contribution in [2.75, 3.05) is 18.1 Å². The van der Waals surface area contributed by atoms with Gasteiger partial charge in [0, 0.05) is 26.9 Å². The molecule has 0 unspecified atom stereocenters. The molecule has 0 aliphatic carbocycles. The Balaban J connectivity index is 0.000000276. The normalized spacial score (nSPS) is 10.9. The Morgan fingerprint density at radius 2 is 2.05 bits per heavy atom. The average Bonchev–Trinajstić information content (AvgIpc) is 2.96. The van der Waals surface area contributed by atoms with Gasteiger partial charge in [-0.1, -0.05) is 19.6 Å². The second-order valence-electron chi connectivity index (χ2n) is 5.64. The van der Waals surface area contributed by atoms with E-state index in [9.17, 15) is 0 Å². The summed E-state index contributed by atoms with van der Waals surface area (Å²) < 4.78 is 7.20. The number of nitrogen functional groups attached to an aromatic ring is 2. The molecule has 0 aliphatic heterocycles. The third-order valence-corrected chi connectivity index (χ3v) is 4.11. The van der Waals surface area contributed by atoms with Crippen molar-refractivity contribution in [3.8, 4) is 0 Å². The molecule has 0 spiro atoms. The minimum atomic E-state index is -0.970. The van der Waals surface area contributed by atoms with Crippen LogP contribution in [-0.2, 0) is 11.5 Å². The van der Waals surface area contributed by atoms with Crippen molar-refractivity contribution in [1.29, 1.82) is 0 Å². The van der Waals surface area contributed by atoms with Gasteiger partial charge in [-0.05, 0) is 12.1 Å². The minimum Gasteiger partial charge on any atom is -0.384 e. The highest BCUT2D eigenvalue weighted by atomic mass is 28.3. The molecule has 0 aromatic carbocycles. The van der Waals surface area contributed by atoms with Crippen LogP contribution < -0.4 is 11.5 Å². The predicted octanol–water partition coefficient (Wildman–Crippen LogP) is 1.77. The second-order valence-corrected chi connectivity index (χ2v) is 11.3. The Bertz CT molecular complexity index is 476. The number of aromatic amines is 1. The summed E-state index contributed by atoms with van der Waals surface area (Å²) in [4.78, 5) is 0. The number of hydrogen-bond acceptors (Lipinski definition) is 5. The third-order valence-electron chi connectivity index (χ3n) is 2.40. The van der Waals surface area contributed by atoms with Crippen molar-refractivity contribution in [3.05, 3.63) is 24.5 Å². The molecule has 112 valence electrons. The van der Waals surface area contributed by atoms with Crippen molar-refractivity contribution in [2.24, 2.45) is 0 Å². The predicted molar refractivity (Wildman–Crippen MR) is 83.7 cm³/mol. The molecule has 2 rings (SSSR count). The van der Waals surface area contributed by atoms with E-state index in [1.807, 2.05) is 6.20 Å². The molecular formula is C12H24N6OSi. The smallest absolute Gasteiger partial charge is 0.145 e. The molecule has 0 aliphatic rings.